The molecule has 3 rings (SSSR count). The van der Waals surface area contributed by atoms with E-state index in [0.29, 0.717) is 4.47 Å². The van der Waals surface area contributed by atoms with Crippen molar-refractivity contribution in [1.82, 2.24) is 9.13 Å². The van der Waals surface area contributed by atoms with Gasteiger partial charge in [-0.2, -0.15) is 0 Å². The first-order valence-corrected chi connectivity index (χ1v) is 9.90. The number of carbonyl (C=O) groups is 1. The second-order valence-corrected chi connectivity index (χ2v) is 7.30. The number of nitrogens with zero attached hydrogens (tertiary/aromatic N) is 2. The number of carbonyl (C=O) groups excluding carboxylic acids is 1. The lowest BCUT2D eigenvalue weighted by Gasteiger charge is -2.16. The van der Waals surface area contributed by atoms with E-state index in [1.165, 1.54) is 22.8 Å². The molecule has 0 aliphatic rings. The first-order valence-electron chi connectivity index (χ1n) is 9.11. The maximum Gasteiger partial charge on any atom is 0.332 e. The van der Waals surface area contributed by atoms with Crippen LogP contribution in [0.4, 0.5) is 10.2 Å². The van der Waals surface area contributed by atoms with Gasteiger partial charge >= 0.3 is 5.69 Å². The molecule has 9 heteroatoms. The van der Waals surface area contributed by atoms with Crippen molar-refractivity contribution in [3.63, 3.8) is 0 Å². The summed E-state index contributed by atoms with van der Waals surface area (Å²) in [7, 11) is 0. The van der Waals surface area contributed by atoms with Gasteiger partial charge in [0.25, 0.3) is 5.56 Å². The number of halogens is 2. The van der Waals surface area contributed by atoms with E-state index in [-0.39, 0.29) is 30.2 Å². The lowest BCUT2D eigenvalue weighted by atomic mass is 10.2. The summed E-state index contributed by atoms with van der Waals surface area (Å²) in [5.41, 5.74) is 5.20. The maximum atomic E-state index is 13.2. The molecule has 30 heavy (non-hydrogen) atoms. The summed E-state index contributed by atoms with van der Waals surface area (Å²) in [6.45, 7) is 1.32. The number of ketones is 1. The summed E-state index contributed by atoms with van der Waals surface area (Å²) in [6.07, 6.45) is 0. The van der Waals surface area contributed by atoms with Crippen LogP contribution in [0.25, 0.3) is 0 Å². The van der Waals surface area contributed by atoms with E-state index in [2.05, 4.69) is 15.9 Å². The molecule has 0 bridgehead atoms. The maximum absolute atomic E-state index is 13.2. The highest BCUT2D eigenvalue weighted by atomic mass is 79.9. The normalized spacial score (nSPS) is 10.8. The highest BCUT2D eigenvalue weighted by Crippen LogP contribution is 2.25. The van der Waals surface area contributed by atoms with Gasteiger partial charge in [0.15, 0.2) is 6.61 Å². The molecular weight excluding hydrogens is 457 g/mol. The zero-order chi connectivity index (χ0) is 21.8. The third kappa shape index (κ3) is 4.35. The zero-order valence-electron chi connectivity index (χ0n) is 16.1. The second kappa shape index (κ2) is 9.08. The molecule has 0 aliphatic heterocycles. The summed E-state index contributed by atoms with van der Waals surface area (Å²) in [5, 5.41) is 0. The van der Waals surface area contributed by atoms with E-state index in [1.807, 2.05) is 30.3 Å². The second-order valence-electron chi connectivity index (χ2n) is 6.45. The summed E-state index contributed by atoms with van der Waals surface area (Å²) in [4.78, 5) is 38.3. The van der Waals surface area contributed by atoms with Gasteiger partial charge in [0.05, 0.1) is 11.0 Å². The molecule has 0 atom stereocenters. The van der Waals surface area contributed by atoms with Gasteiger partial charge in [0.1, 0.15) is 22.9 Å². The molecule has 0 spiro atoms. The average molecular weight is 476 g/mol. The van der Waals surface area contributed by atoms with Crippen LogP contribution in [0, 0.1) is 5.82 Å². The minimum atomic E-state index is -0.768. The monoisotopic (exact) mass is 475 g/mol. The minimum Gasteiger partial charge on any atom is -0.484 e. The third-order valence-electron chi connectivity index (χ3n) is 4.50. The highest BCUT2D eigenvalue weighted by Gasteiger charge is 2.23. The molecule has 0 fully saturated rings. The van der Waals surface area contributed by atoms with Crippen molar-refractivity contribution in [3.05, 3.63) is 90.8 Å². The van der Waals surface area contributed by atoms with E-state index in [4.69, 9.17) is 10.5 Å². The van der Waals surface area contributed by atoms with Gasteiger partial charge in [-0.3, -0.25) is 18.7 Å². The number of anilines is 1. The summed E-state index contributed by atoms with van der Waals surface area (Å²) in [5.74, 6) is -1.14. The van der Waals surface area contributed by atoms with Crippen LogP contribution in [0.2, 0.25) is 0 Å². The quantitative estimate of drug-likeness (QED) is 0.530. The molecule has 0 aliphatic carbocycles. The fourth-order valence-corrected chi connectivity index (χ4v) is 3.45. The number of aromatic nitrogens is 2. The predicted molar refractivity (Wildman–Crippen MR) is 115 cm³/mol. The van der Waals surface area contributed by atoms with Crippen LogP contribution in [-0.2, 0) is 13.1 Å². The van der Waals surface area contributed by atoms with Crippen molar-refractivity contribution in [1.29, 1.82) is 0 Å². The fraction of sp³-hybridized carbons (Fsp3) is 0.190. The molecule has 2 N–H and O–H groups in total. The van der Waals surface area contributed by atoms with Crippen LogP contribution >= 0.6 is 15.9 Å². The van der Waals surface area contributed by atoms with Gasteiger partial charge in [0.2, 0.25) is 5.78 Å². The number of benzene rings is 2. The molecular formula is C21H19BrFN3O4. The van der Waals surface area contributed by atoms with Crippen molar-refractivity contribution in [2.45, 2.75) is 20.0 Å². The molecule has 1 aromatic heterocycles. The molecule has 3 aromatic rings. The van der Waals surface area contributed by atoms with Crippen molar-refractivity contribution >= 4 is 27.5 Å². The first-order chi connectivity index (χ1) is 14.3. The Hall–Kier alpha value is -3.20. The summed E-state index contributed by atoms with van der Waals surface area (Å²) in [6, 6.07) is 12.8. The predicted octanol–water partition coefficient (Wildman–Crippen LogP) is 2.82. The molecule has 1 heterocycles. The molecule has 0 saturated heterocycles. The number of ether oxygens (including phenoxy) is 1. The number of nitrogen functional groups attached to an aromatic ring is 1. The number of hydrogen-bond donors (Lipinski definition) is 1. The molecule has 156 valence electrons. The van der Waals surface area contributed by atoms with E-state index in [9.17, 15) is 18.8 Å². The minimum absolute atomic E-state index is 0.0807. The number of Topliss-reactive ketones (excluding diaryl/α,β-unsaturated/α-hetero) is 1. The Morgan fingerprint density at radius 3 is 2.47 bits per heavy atom. The van der Waals surface area contributed by atoms with Gasteiger partial charge in [0, 0.05) is 6.54 Å². The van der Waals surface area contributed by atoms with Crippen molar-refractivity contribution in [3.8, 4) is 5.75 Å². The lowest BCUT2D eigenvalue weighted by Crippen LogP contribution is -2.44. The zero-order valence-corrected chi connectivity index (χ0v) is 17.7. The van der Waals surface area contributed by atoms with Crippen LogP contribution in [0.1, 0.15) is 22.8 Å². The standard InChI is InChI=1S/C21H19BrFN3O4/c1-2-25-20(28)18(16(27)12-30-17-9-8-14(23)10-15(17)22)19(24)26(21(25)29)11-13-6-4-3-5-7-13/h3-10H,2,11-12,24H2,1H3. The molecule has 0 saturated carbocycles. The average Bonchev–Trinajstić information content (AvgIpc) is 2.71. The molecule has 0 amide bonds. The van der Waals surface area contributed by atoms with E-state index in [0.717, 1.165) is 10.1 Å². The van der Waals surface area contributed by atoms with Crippen molar-refractivity contribution in [2.75, 3.05) is 12.3 Å². The third-order valence-corrected chi connectivity index (χ3v) is 5.12. The Bertz CT molecular complexity index is 1210. The van der Waals surface area contributed by atoms with Crippen molar-refractivity contribution in [2.24, 2.45) is 0 Å². The van der Waals surface area contributed by atoms with E-state index < -0.39 is 29.5 Å². The van der Waals surface area contributed by atoms with E-state index in [1.54, 1.807) is 6.92 Å². The Morgan fingerprint density at radius 1 is 1.13 bits per heavy atom. The van der Waals surface area contributed by atoms with Gasteiger partial charge in [-0.1, -0.05) is 30.3 Å². The Labute approximate surface area is 179 Å². The number of nitrogens with two attached hydrogens (primary N) is 1. The van der Waals surface area contributed by atoms with Gasteiger partial charge in [-0.05, 0) is 46.6 Å². The number of rotatable bonds is 7. The fourth-order valence-electron chi connectivity index (χ4n) is 2.98. The first kappa shape index (κ1) is 21.5. The SMILES string of the molecule is CCn1c(=O)c(C(=O)COc2ccc(F)cc2Br)c(N)n(Cc2ccccc2)c1=O. The lowest BCUT2D eigenvalue weighted by molar-refractivity contribution is 0.0918. The Kier molecular flexibility index (Phi) is 6.51. The smallest absolute Gasteiger partial charge is 0.332 e. The molecule has 2 aromatic carbocycles. The van der Waals surface area contributed by atoms with Crippen LogP contribution < -0.4 is 21.7 Å². The summed E-state index contributed by atoms with van der Waals surface area (Å²) < 4.78 is 21.1. The molecule has 0 unspecified atom stereocenters. The summed E-state index contributed by atoms with van der Waals surface area (Å²) >= 11 is 3.15. The van der Waals surface area contributed by atoms with Crippen LogP contribution in [0.5, 0.6) is 5.75 Å². The Morgan fingerprint density at radius 2 is 1.83 bits per heavy atom. The van der Waals surface area contributed by atoms with Gasteiger partial charge in [-0.15, -0.1) is 0 Å². The van der Waals surface area contributed by atoms with Gasteiger partial charge in [-0.25, -0.2) is 9.18 Å². The largest absolute Gasteiger partial charge is 0.484 e. The van der Waals surface area contributed by atoms with E-state index >= 15 is 0 Å². The van der Waals surface area contributed by atoms with Crippen LogP contribution in [0.3, 0.4) is 0 Å². The molecule has 0 radical (unpaired) electrons. The topological polar surface area (TPSA) is 96.3 Å². The van der Waals surface area contributed by atoms with Gasteiger partial charge < -0.3 is 10.5 Å². The highest BCUT2D eigenvalue weighted by molar-refractivity contribution is 9.10. The van der Waals surface area contributed by atoms with Crippen LogP contribution in [0.15, 0.2) is 62.6 Å². The Balaban J connectivity index is 1.98. The van der Waals surface area contributed by atoms with Crippen molar-refractivity contribution < 1.29 is 13.9 Å². The number of hydrogen-bond acceptors (Lipinski definition) is 5. The van der Waals surface area contributed by atoms with Crippen LogP contribution in [-0.4, -0.2) is 21.5 Å². The molecule has 7 nitrogen and oxygen atoms in total.